The maximum atomic E-state index is 11.2. The number of para-hydroxylation sites is 1. The number of fused-ring (bicyclic) bond motifs is 1. The summed E-state index contributed by atoms with van der Waals surface area (Å²) in [5, 5.41) is 17.4. The molecule has 0 radical (unpaired) electrons. The Balaban J connectivity index is 2.02. The summed E-state index contributed by atoms with van der Waals surface area (Å²) < 4.78 is 5.30. The number of aromatic nitrogens is 5. The van der Waals surface area contributed by atoms with Crippen molar-refractivity contribution >= 4 is 16.9 Å². The Hall–Kier alpha value is -2.77. The fourth-order valence-corrected chi connectivity index (χ4v) is 2.12. The van der Waals surface area contributed by atoms with E-state index in [-0.39, 0.29) is 5.91 Å². The minimum Gasteiger partial charge on any atom is -0.344 e. The molecule has 0 unspecified atom stereocenters. The molecule has 0 aliphatic rings. The number of aromatic amines is 1. The summed E-state index contributed by atoms with van der Waals surface area (Å²) in [5.41, 5.74) is 1.35. The third kappa shape index (κ3) is 2.35. The zero-order valence-electron chi connectivity index (χ0n) is 11.8. The third-order valence-corrected chi connectivity index (χ3v) is 3.05. The first-order chi connectivity index (χ1) is 9.97. The predicted octanol–water partition coefficient (Wildman–Crippen LogP) is 1.38. The molecule has 0 saturated heterocycles. The quantitative estimate of drug-likeness (QED) is 0.752. The number of carbonyl (C=O) groups excluding carboxylic acids is 1. The fraction of sp³-hybridized carbons (Fsp3) is 0.308. The Labute approximate surface area is 119 Å². The Kier molecular flexibility index (Phi) is 2.93. The molecule has 1 aromatic carbocycles. The fourth-order valence-electron chi connectivity index (χ4n) is 2.12. The van der Waals surface area contributed by atoms with Crippen LogP contribution in [-0.2, 0) is 10.3 Å². The van der Waals surface area contributed by atoms with Gasteiger partial charge in [0.1, 0.15) is 11.0 Å². The van der Waals surface area contributed by atoms with Crippen LogP contribution in [0.5, 0.6) is 0 Å². The van der Waals surface area contributed by atoms with E-state index in [9.17, 15) is 4.79 Å². The molecule has 0 atom stereocenters. The molecule has 0 spiro atoms. The average molecular weight is 286 g/mol. The maximum absolute atomic E-state index is 11.2. The smallest absolute Gasteiger partial charge is 0.260 e. The lowest BCUT2D eigenvalue weighted by molar-refractivity contribution is -0.120. The number of hydrogen-bond donors (Lipinski definition) is 2. The monoisotopic (exact) mass is 286 g/mol. The van der Waals surface area contributed by atoms with Crippen molar-refractivity contribution in [1.82, 2.24) is 30.9 Å². The second kappa shape index (κ2) is 4.65. The van der Waals surface area contributed by atoms with Crippen LogP contribution in [0, 0.1) is 0 Å². The molecule has 1 amide bonds. The standard InChI is InChI=1S/C13H14N6O2/c1-7(20)15-13(2,3)12-14-11(21-18-12)8-5-4-6-9-10(8)17-19-16-9/h4-6H,1-3H3,(H,15,20)(H,16,17,19). The van der Waals surface area contributed by atoms with Gasteiger partial charge in [0.2, 0.25) is 5.91 Å². The summed E-state index contributed by atoms with van der Waals surface area (Å²) in [6, 6.07) is 5.50. The van der Waals surface area contributed by atoms with E-state index in [0.717, 1.165) is 0 Å². The molecular formula is C13H14N6O2. The second-order valence-corrected chi connectivity index (χ2v) is 5.23. The number of nitrogens with zero attached hydrogens (tertiary/aromatic N) is 4. The Morgan fingerprint density at radius 1 is 1.33 bits per heavy atom. The first-order valence-corrected chi connectivity index (χ1v) is 6.40. The van der Waals surface area contributed by atoms with Gasteiger partial charge < -0.3 is 9.84 Å². The van der Waals surface area contributed by atoms with E-state index in [0.29, 0.717) is 28.3 Å². The first kappa shape index (κ1) is 13.2. The Bertz CT molecular complexity index is 804. The summed E-state index contributed by atoms with van der Waals surface area (Å²) in [7, 11) is 0. The van der Waals surface area contributed by atoms with Crippen molar-refractivity contribution in [3.8, 4) is 11.5 Å². The molecule has 2 heterocycles. The van der Waals surface area contributed by atoms with E-state index in [1.54, 1.807) is 13.8 Å². The van der Waals surface area contributed by atoms with E-state index < -0.39 is 5.54 Å². The molecule has 0 fully saturated rings. The zero-order valence-corrected chi connectivity index (χ0v) is 11.8. The molecule has 21 heavy (non-hydrogen) atoms. The van der Waals surface area contributed by atoms with Crippen molar-refractivity contribution in [3.63, 3.8) is 0 Å². The number of amides is 1. The molecule has 3 rings (SSSR count). The van der Waals surface area contributed by atoms with Crippen molar-refractivity contribution in [2.45, 2.75) is 26.3 Å². The maximum Gasteiger partial charge on any atom is 0.260 e. The number of carbonyl (C=O) groups is 1. The van der Waals surface area contributed by atoms with Gasteiger partial charge in [-0.15, -0.1) is 0 Å². The molecule has 0 saturated carbocycles. The van der Waals surface area contributed by atoms with Crippen molar-refractivity contribution in [1.29, 1.82) is 0 Å². The lowest BCUT2D eigenvalue weighted by atomic mass is 10.1. The van der Waals surface area contributed by atoms with Gasteiger partial charge in [0.25, 0.3) is 5.89 Å². The van der Waals surface area contributed by atoms with Gasteiger partial charge in [-0.05, 0) is 26.0 Å². The molecular weight excluding hydrogens is 272 g/mol. The SMILES string of the molecule is CC(=O)NC(C)(C)c1noc(-c2cccc3n[nH]nc23)n1. The number of nitrogens with one attached hydrogen (secondary N) is 2. The van der Waals surface area contributed by atoms with Crippen LogP contribution < -0.4 is 5.32 Å². The Morgan fingerprint density at radius 3 is 2.90 bits per heavy atom. The molecule has 2 N–H and O–H groups in total. The highest BCUT2D eigenvalue weighted by atomic mass is 16.5. The van der Waals surface area contributed by atoms with Crippen LogP contribution >= 0.6 is 0 Å². The van der Waals surface area contributed by atoms with Crippen LogP contribution in [-0.4, -0.2) is 31.5 Å². The largest absolute Gasteiger partial charge is 0.344 e. The van der Waals surface area contributed by atoms with E-state index in [1.165, 1.54) is 6.92 Å². The number of hydrogen-bond acceptors (Lipinski definition) is 6. The summed E-state index contributed by atoms with van der Waals surface area (Å²) >= 11 is 0. The number of H-pyrrole nitrogens is 1. The van der Waals surface area contributed by atoms with Gasteiger partial charge in [-0.3, -0.25) is 4.79 Å². The highest BCUT2D eigenvalue weighted by molar-refractivity contribution is 5.88. The van der Waals surface area contributed by atoms with Gasteiger partial charge >= 0.3 is 0 Å². The van der Waals surface area contributed by atoms with Crippen LogP contribution in [0.4, 0.5) is 0 Å². The molecule has 3 aromatic rings. The molecule has 0 aliphatic heterocycles. The molecule has 108 valence electrons. The van der Waals surface area contributed by atoms with Gasteiger partial charge in [0.05, 0.1) is 11.1 Å². The van der Waals surface area contributed by atoms with Gasteiger partial charge in [0, 0.05) is 6.92 Å². The minimum absolute atomic E-state index is 0.162. The zero-order chi connectivity index (χ0) is 15.0. The van der Waals surface area contributed by atoms with E-state index >= 15 is 0 Å². The average Bonchev–Trinajstić information content (AvgIpc) is 3.06. The highest BCUT2D eigenvalue weighted by Crippen LogP contribution is 2.26. The number of benzene rings is 1. The lowest BCUT2D eigenvalue weighted by Gasteiger charge is -2.20. The van der Waals surface area contributed by atoms with E-state index in [4.69, 9.17) is 4.52 Å². The van der Waals surface area contributed by atoms with Crippen molar-refractivity contribution in [2.24, 2.45) is 0 Å². The van der Waals surface area contributed by atoms with Crippen LogP contribution in [0.25, 0.3) is 22.5 Å². The number of rotatable bonds is 3. The van der Waals surface area contributed by atoms with Gasteiger partial charge in [-0.1, -0.05) is 11.2 Å². The summed E-state index contributed by atoms with van der Waals surface area (Å²) in [6.45, 7) is 5.05. The van der Waals surface area contributed by atoms with Gasteiger partial charge in [-0.2, -0.15) is 20.4 Å². The highest BCUT2D eigenvalue weighted by Gasteiger charge is 2.28. The molecule has 8 nitrogen and oxygen atoms in total. The lowest BCUT2D eigenvalue weighted by Crippen LogP contribution is -2.40. The van der Waals surface area contributed by atoms with E-state index in [2.05, 4.69) is 30.9 Å². The Morgan fingerprint density at radius 2 is 2.14 bits per heavy atom. The normalized spacial score (nSPS) is 11.8. The van der Waals surface area contributed by atoms with Crippen LogP contribution in [0.1, 0.15) is 26.6 Å². The summed E-state index contributed by atoms with van der Waals surface area (Å²) in [4.78, 5) is 15.6. The molecule has 2 aromatic heterocycles. The topological polar surface area (TPSA) is 110 Å². The van der Waals surface area contributed by atoms with Crippen molar-refractivity contribution in [3.05, 3.63) is 24.0 Å². The predicted molar refractivity (Wildman–Crippen MR) is 74.0 cm³/mol. The van der Waals surface area contributed by atoms with Crippen molar-refractivity contribution < 1.29 is 9.32 Å². The minimum atomic E-state index is -0.717. The van der Waals surface area contributed by atoms with Gasteiger partial charge in [0.15, 0.2) is 5.82 Å². The van der Waals surface area contributed by atoms with Crippen molar-refractivity contribution in [2.75, 3.05) is 0 Å². The molecule has 8 heteroatoms. The van der Waals surface area contributed by atoms with Crippen LogP contribution in [0.3, 0.4) is 0 Å². The van der Waals surface area contributed by atoms with Crippen LogP contribution in [0.2, 0.25) is 0 Å². The van der Waals surface area contributed by atoms with E-state index in [1.807, 2.05) is 18.2 Å². The first-order valence-electron chi connectivity index (χ1n) is 6.40. The molecule has 0 bridgehead atoms. The van der Waals surface area contributed by atoms with Gasteiger partial charge in [-0.25, -0.2) is 0 Å². The van der Waals surface area contributed by atoms with Crippen LogP contribution in [0.15, 0.2) is 22.7 Å². The third-order valence-electron chi connectivity index (χ3n) is 3.05. The summed E-state index contributed by atoms with van der Waals surface area (Å²) in [5.74, 6) is 0.570. The summed E-state index contributed by atoms with van der Waals surface area (Å²) in [6.07, 6.45) is 0. The second-order valence-electron chi connectivity index (χ2n) is 5.23. The molecule has 0 aliphatic carbocycles.